The Morgan fingerprint density at radius 1 is 1.30 bits per heavy atom. The van der Waals surface area contributed by atoms with E-state index in [0.29, 0.717) is 17.1 Å². The van der Waals surface area contributed by atoms with Gasteiger partial charge in [0.25, 0.3) is 0 Å². The Kier molecular flexibility index (Phi) is 6.29. The molecule has 0 aromatic heterocycles. The smallest absolute Gasteiger partial charge is 0.326 e. The van der Waals surface area contributed by atoms with Crippen LogP contribution in [0.4, 0.5) is 5.69 Å². The fourth-order valence-electron chi connectivity index (χ4n) is 1.65. The quantitative estimate of drug-likeness (QED) is 0.784. The Labute approximate surface area is 124 Å². The topological polar surface area (TPSA) is 72.5 Å². The van der Waals surface area contributed by atoms with E-state index in [1.807, 2.05) is 6.92 Å². The van der Waals surface area contributed by atoms with Crippen LogP contribution in [0.25, 0.3) is 0 Å². The minimum atomic E-state index is -3.84. The molecule has 7 heteroatoms. The van der Waals surface area contributed by atoms with Gasteiger partial charge in [0.15, 0.2) is 5.25 Å². The number of hydrogen-bond acceptors (Lipinski definition) is 4. The highest BCUT2D eigenvalue weighted by Gasteiger charge is 2.33. The van der Waals surface area contributed by atoms with Gasteiger partial charge in [0.1, 0.15) is 0 Å². The standard InChI is InChI=1S/C13H18ClNO4S/c1-3-5-12(13(16)19-4-2)20(17,18)15-11-8-6-10(14)7-9-11/h6-9,12,15H,3-5H2,1-2H3. The van der Waals surface area contributed by atoms with Crippen molar-refractivity contribution in [2.24, 2.45) is 0 Å². The van der Waals surface area contributed by atoms with Gasteiger partial charge in [-0.3, -0.25) is 9.52 Å². The maximum Gasteiger partial charge on any atom is 0.326 e. The fraction of sp³-hybridized carbons (Fsp3) is 0.462. The highest BCUT2D eigenvalue weighted by atomic mass is 35.5. The molecule has 0 heterocycles. The van der Waals surface area contributed by atoms with E-state index in [1.165, 1.54) is 12.1 Å². The third-order valence-corrected chi connectivity index (χ3v) is 4.53. The zero-order chi connectivity index (χ0) is 15.2. The minimum Gasteiger partial charge on any atom is -0.465 e. The molecule has 5 nitrogen and oxygen atoms in total. The molecule has 20 heavy (non-hydrogen) atoms. The Bertz CT molecular complexity index is 542. The lowest BCUT2D eigenvalue weighted by molar-refractivity contribution is -0.142. The first kappa shape index (κ1) is 16.8. The third-order valence-electron chi connectivity index (χ3n) is 2.58. The Morgan fingerprint density at radius 3 is 2.40 bits per heavy atom. The molecule has 1 aromatic rings. The van der Waals surface area contributed by atoms with Crippen molar-refractivity contribution in [3.8, 4) is 0 Å². The summed E-state index contributed by atoms with van der Waals surface area (Å²) in [6.07, 6.45) is 0.771. The molecule has 0 aliphatic rings. The van der Waals surface area contributed by atoms with Gasteiger partial charge in [-0.1, -0.05) is 24.9 Å². The Morgan fingerprint density at radius 2 is 1.90 bits per heavy atom. The van der Waals surface area contributed by atoms with Crippen molar-refractivity contribution in [1.29, 1.82) is 0 Å². The number of anilines is 1. The number of benzene rings is 1. The summed E-state index contributed by atoms with van der Waals surface area (Å²) in [6, 6.07) is 6.21. The first-order valence-electron chi connectivity index (χ1n) is 6.34. The fourth-order valence-corrected chi connectivity index (χ4v) is 3.25. The summed E-state index contributed by atoms with van der Waals surface area (Å²) in [5.74, 6) is -0.726. The first-order valence-corrected chi connectivity index (χ1v) is 8.27. The number of carbonyl (C=O) groups is 1. The summed E-state index contributed by atoms with van der Waals surface area (Å²) in [4.78, 5) is 11.8. The second-order valence-electron chi connectivity index (χ2n) is 4.18. The summed E-state index contributed by atoms with van der Waals surface area (Å²) >= 11 is 5.74. The molecule has 0 radical (unpaired) electrons. The summed E-state index contributed by atoms with van der Waals surface area (Å²) in [5, 5.41) is -0.702. The third kappa shape index (κ3) is 4.68. The SMILES string of the molecule is CCCC(C(=O)OCC)S(=O)(=O)Nc1ccc(Cl)cc1. The first-order chi connectivity index (χ1) is 9.40. The van der Waals surface area contributed by atoms with E-state index < -0.39 is 21.2 Å². The molecule has 1 N–H and O–H groups in total. The molecule has 0 bridgehead atoms. The van der Waals surface area contributed by atoms with Crippen LogP contribution in [-0.2, 0) is 19.6 Å². The maximum atomic E-state index is 12.2. The molecule has 1 unspecified atom stereocenters. The number of sulfonamides is 1. The van der Waals surface area contributed by atoms with E-state index in [-0.39, 0.29) is 13.0 Å². The van der Waals surface area contributed by atoms with E-state index in [2.05, 4.69) is 4.72 Å². The Balaban J connectivity index is 2.92. The molecule has 0 spiro atoms. The van der Waals surface area contributed by atoms with E-state index >= 15 is 0 Å². The van der Waals surface area contributed by atoms with Gasteiger partial charge in [0.2, 0.25) is 10.0 Å². The molecular weight excluding hydrogens is 302 g/mol. The molecule has 0 aliphatic carbocycles. The average molecular weight is 320 g/mol. The summed E-state index contributed by atoms with van der Waals surface area (Å²) in [6.45, 7) is 3.60. The van der Waals surface area contributed by atoms with Gasteiger partial charge < -0.3 is 4.74 Å². The van der Waals surface area contributed by atoms with Gasteiger partial charge in [-0.2, -0.15) is 0 Å². The summed E-state index contributed by atoms with van der Waals surface area (Å²) < 4.78 is 31.7. The number of carbonyl (C=O) groups excluding carboxylic acids is 1. The van der Waals surface area contributed by atoms with Crippen LogP contribution < -0.4 is 4.72 Å². The predicted molar refractivity (Wildman–Crippen MR) is 79.3 cm³/mol. The molecule has 0 saturated heterocycles. The second kappa shape index (κ2) is 7.50. The normalized spacial score (nSPS) is 12.8. The van der Waals surface area contributed by atoms with Gasteiger partial charge >= 0.3 is 5.97 Å². The number of halogens is 1. The van der Waals surface area contributed by atoms with Gasteiger partial charge in [-0.15, -0.1) is 0 Å². The van der Waals surface area contributed by atoms with Crippen LogP contribution in [-0.4, -0.2) is 26.2 Å². The lowest BCUT2D eigenvalue weighted by Gasteiger charge is -2.17. The van der Waals surface area contributed by atoms with Crippen LogP contribution in [0, 0.1) is 0 Å². The zero-order valence-electron chi connectivity index (χ0n) is 11.4. The molecule has 0 amide bonds. The van der Waals surface area contributed by atoms with Crippen LogP contribution in [0.3, 0.4) is 0 Å². The molecule has 0 fully saturated rings. The molecule has 1 atom stereocenters. The molecule has 0 aliphatic heterocycles. The lowest BCUT2D eigenvalue weighted by Crippen LogP contribution is -2.36. The van der Waals surface area contributed by atoms with E-state index in [0.717, 1.165) is 0 Å². The van der Waals surface area contributed by atoms with Gasteiger partial charge in [0, 0.05) is 10.7 Å². The van der Waals surface area contributed by atoms with Crippen molar-refractivity contribution in [2.45, 2.75) is 31.9 Å². The van der Waals surface area contributed by atoms with Gasteiger partial charge in [-0.05, 0) is 37.6 Å². The number of ether oxygens (including phenoxy) is 1. The number of esters is 1. The van der Waals surface area contributed by atoms with Crippen LogP contribution in [0.5, 0.6) is 0 Å². The molecule has 1 aromatic carbocycles. The van der Waals surface area contributed by atoms with E-state index in [4.69, 9.17) is 16.3 Å². The molecular formula is C13H18ClNO4S. The van der Waals surface area contributed by atoms with Crippen LogP contribution in [0.15, 0.2) is 24.3 Å². The summed E-state index contributed by atoms with van der Waals surface area (Å²) in [7, 11) is -3.84. The van der Waals surface area contributed by atoms with Crippen molar-refractivity contribution in [3.63, 3.8) is 0 Å². The second-order valence-corrected chi connectivity index (χ2v) is 6.48. The van der Waals surface area contributed by atoms with Gasteiger partial charge in [0.05, 0.1) is 6.61 Å². The minimum absolute atomic E-state index is 0.148. The lowest BCUT2D eigenvalue weighted by atomic mass is 10.2. The van der Waals surface area contributed by atoms with Crippen molar-refractivity contribution in [1.82, 2.24) is 0 Å². The summed E-state index contributed by atoms with van der Waals surface area (Å²) in [5.41, 5.74) is 0.361. The predicted octanol–water partition coefficient (Wildman–Crippen LogP) is 2.81. The zero-order valence-corrected chi connectivity index (χ0v) is 13.0. The molecule has 0 saturated carbocycles. The highest BCUT2D eigenvalue weighted by molar-refractivity contribution is 7.94. The number of nitrogens with one attached hydrogen (secondary N) is 1. The van der Waals surface area contributed by atoms with Crippen molar-refractivity contribution < 1.29 is 17.9 Å². The Hall–Kier alpha value is -1.27. The monoisotopic (exact) mass is 319 g/mol. The van der Waals surface area contributed by atoms with E-state index in [1.54, 1.807) is 19.1 Å². The van der Waals surface area contributed by atoms with Crippen LogP contribution in [0.1, 0.15) is 26.7 Å². The van der Waals surface area contributed by atoms with Gasteiger partial charge in [-0.25, -0.2) is 8.42 Å². The van der Waals surface area contributed by atoms with E-state index in [9.17, 15) is 13.2 Å². The van der Waals surface area contributed by atoms with Crippen LogP contribution >= 0.6 is 11.6 Å². The van der Waals surface area contributed by atoms with Crippen LogP contribution in [0.2, 0.25) is 5.02 Å². The van der Waals surface area contributed by atoms with Crippen molar-refractivity contribution in [2.75, 3.05) is 11.3 Å². The largest absolute Gasteiger partial charge is 0.465 e. The number of hydrogen-bond donors (Lipinski definition) is 1. The average Bonchev–Trinajstić information content (AvgIpc) is 2.38. The molecule has 112 valence electrons. The van der Waals surface area contributed by atoms with Crippen molar-refractivity contribution in [3.05, 3.63) is 29.3 Å². The van der Waals surface area contributed by atoms with Crippen molar-refractivity contribution >= 4 is 33.3 Å². The molecule has 1 rings (SSSR count). The number of rotatable bonds is 7. The highest BCUT2D eigenvalue weighted by Crippen LogP contribution is 2.18. The maximum absolute atomic E-state index is 12.2.